The van der Waals surface area contributed by atoms with Gasteiger partial charge in [-0.3, -0.25) is 9.78 Å². The number of nitrogens with zero attached hydrogens (tertiary/aromatic N) is 1. The summed E-state index contributed by atoms with van der Waals surface area (Å²) in [5.41, 5.74) is 0.587. The van der Waals surface area contributed by atoms with E-state index in [0.717, 1.165) is 5.92 Å². The van der Waals surface area contributed by atoms with Gasteiger partial charge in [-0.1, -0.05) is 0 Å². The van der Waals surface area contributed by atoms with Gasteiger partial charge in [0, 0.05) is 24.9 Å². The number of hydrogen-bond donors (Lipinski definition) is 1. The van der Waals surface area contributed by atoms with Crippen LogP contribution in [0, 0.1) is 31.6 Å². The van der Waals surface area contributed by atoms with Crippen LogP contribution >= 0.6 is 0 Å². The molecular weight excluding hydrogens is 188 g/mol. The lowest BCUT2D eigenvalue weighted by Gasteiger charge is -2.09. The first-order valence-corrected chi connectivity index (χ1v) is 4.75. The lowest BCUT2D eigenvalue weighted by atomic mass is 10.1. The number of carbonyl (C=O) groups is 1. The zero-order valence-corrected chi connectivity index (χ0v) is 8.18. The van der Waals surface area contributed by atoms with Crippen molar-refractivity contribution in [2.45, 2.75) is 0 Å². The van der Waals surface area contributed by atoms with E-state index in [0.29, 0.717) is 12.1 Å². The van der Waals surface area contributed by atoms with Gasteiger partial charge in [-0.2, -0.15) is 0 Å². The van der Waals surface area contributed by atoms with Crippen molar-refractivity contribution in [1.82, 2.24) is 10.3 Å². The molecule has 15 heavy (non-hydrogen) atoms. The molecule has 1 heterocycles. The van der Waals surface area contributed by atoms with Crippen molar-refractivity contribution >= 4 is 5.91 Å². The van der Waals surface area contributed by atoms with E-state index in [9.17, 15) is 4.79 Å². The highest BCUT2D eigenvalue weighted by atomic mass is 16.1. The molecule has 3 nitrogen and oxygen atoms in total. The molecule has 1 saturated carbocycles. The molecule has 3 heteroatoms. The monoisotopic (exact) mass is 199 g/mol. The molecule has 0 atom stereocenters. The van der Waals surface area contributed by atoms with Gasteiger partial charge in [-0.05, 0) is 37.8 Å². The van der Waals surface area contributed by atoms with Crippen LogP contribution in [0.1, 0.15) is 10.4 Å². The fourth-order valence-corrected chi connectivity index (χ4v) is 1.31. The Balaban J connectivity index is 1.82. The van der Waals surface area contributed by atoms with Gasteiger partial charge in [-0.15, -0.1) is 0 Å². The maximum atomic E-state index is 11.6. The van der Waals surface area contributed by atoms with Crippen molar-refractivity contribution in [3.8, 4) is 0 Å². The zero-order valence-electron chi connectivity index (χ0n) is 8.18. The van der Waals surface area contributed by atoms with Crippen LogP contribution in [0.3, 0.4) is 0 Å². The SMILES string of the molecule is O=C(NC[C]1[CH][CH][CH][CH]1)c1cccnc1. The summed E-state index contributed by atoms with van der Waals surface area (Å²) in [6.45, 7) is 0.556. The Morgan fingerprint density at radius 2 is 2.13 bits per heavy atom. The van der Waals surface area contributed by atoms with Gasteiger partial charge in [0.25, 0.3) is 5.91 Å². The van der Waals surface area contributed by atoms with Gasteiger partial charge in [0.1, 0.15) is 0 Å². The zero-order chi connectivity index (χ0) is 10.5. The van der Waals surface area contributed by atoms with Crippen molar-refractivity contribution in [3.05, 3.63) is 61.7 Å². The molecule has 1 aromatic rings. The van der Waals surface area contributed by atoms with E-state index in [2.05, 4.69) is 10.3 Å². The number of carbonyl (C=O) groups excluding carboxylic acids is 1. The predicted molar refractivity (Wildman–Crippen MR) is 57.0 cm³/mol. The molecule has 0 aromatic carbocycles. The van der Waals surface area contributed by atoms with Gasteiger partial charge >= 0.3 is 0 Å². The summed E-state index contributed by atoms with van der Waals surface area (Å²) >= 11 is 0. The second kappa shape index (κ2) is 4.91. The molecule has 0 spiro atoms. The Hall–Kier alpha value is -1.38. The Morgan fingerprint density at radius 1 is 1.33 bits per heavy atom. The molecule has 0 unspecified atom stereocenters. The Bertz CT molecular complexity index is 318. The van der Waals surface area contributed by atoms with E-state index < -0.39 is 0 Å². The highest BCUT2D eigenvalue weighted by Gasteiger charge is 2.17. The molecule has 1 fully saturated rings. The smallest absolute Gasteiger partial charge is 0.252 e. The highest BCUT2D eigenvalue weighted by Crippen LogP contribution is 2.21. The largest absolute Gasteiger partial charge is 0.351 e. The molecule has 0 saturated heterocycles. The third kappa shape index (κ3) is 2.78. The van der Waals surface area contributed by atoms with E-state index in [4.69, 9.17) is 0 Å². The summed E-state index contributed by atoms with van der Waals surface area (Å²) in [6, 6.07) is 3.49. The molecule has 1 amide bonds. The summed E-state index contributed by atoms with van der Waals surface area (Å²) in [6.07, 6.45) is 11.1. The predicted octanol–water partition coefficient (Wildman–Crippen LogP) is 1.22. The average molecular weight is 199 g/mol. The molecule has 5 radical (unpaired) electrons. The quantitative estimate of drug-likeness (QED) is 0.795. The molecule has 75 valence electrons. The average Bonchev–Trinajstić information content (AvgIpc) is 2.80. The van der Waals surface area contributed by atoms with E-state index in [1.54, 1.807) is 24.5 Å². The lowest BCUT2D eigenvalue weighted by Crippen LogP contribution is -2.27. The minimum Gasteiger partial charge on any atom is -0.351 e. The van der Waals surface area contributed by atoms with E-state index in [-0.39, 0.29) is 5.91 Å². The van der Waals surface area contributed by atoms with Crippen LogP contribution in [0.4, 0.5) is 0 Å². The molecule has 2 rings (SSSR count). The summed E-state index contributed by atoms with van der Waals surface area (Å²) in [5.74, 6) is 1.01. The number of hydrogen-bond acceptors (Lipinski definition) is 2. The number of amides is 1. The van der Waals surface area contributed by atoms with E-state index >= 15 is 0 Å². The molecule has 0 aliphatic heterocycles. The molecule has 1 aromatic heterocycles. The summed E-state index contributed by atoms with van der Waals surface area (Å²) in [5, 5.41) is 2.82. The Labute approximate surface area is 89.9 Å². The second-order valence-electron chi connectivity index (χ2n) is 3.22. The topological polar surface area (TPSA) is 42.0 Å². The van der Waals surface area contributed by atoms with Crippen LogP contribution in [0.5, 0.6) is 0 Å². The molecule has 1 aliphatic rings. The summed E-state index contributed by atoms with van der Waals surface area (Å²) < 4.78 is 0. The van der Waals surface area contributed by atoms with E-state index in [1.165, 1.54) is 0 Å². The number of nitrogens with one attached hydrogen (secondary N) is 1. The van der Waals surface area contributed by atoms with Gasteiger partial charge in [-0.25, -0.2) is 0 Å². The third-order valence-electron chi connectivity index (χ3n) is 2.11. The minimum absolute atomic E-state index is 0.0932. The van der Waals surface area contributed by atoms with Crippen LogP contribution in [0.15, 0.2) is 24.5 Å². The summed E-state index contributed by atoms with van der Waals surface area (Å²) in [7, 11) is 0. The first-order chi connectivity index (χ1) is 7.36. The molecular formula is C12H11N2O. The van der Waals surface area contributed by atoms with Crippen LogP contribution in [0.25, 0.3) is 0 Å². The van der Waals surface area contributed by atoms with Gasteiger partial charge < -0.3 is 5.32 Å². The fourth-order valence-electron chi connectivity index (χ4n) is 1.31. The lowest BCUT2D eigenvalue weighted by molar-refractivity contribution is 0.0955. The first-order valence-electron chi connectivity index (χ1n) is 4.75. The van der Waals surface area contributed by atoms with Crippen LogP contribution in [-0.2, 0) is 0 Å². The van der Waals surface area contributed by atoms with Crippen molar-refractivity contribution in [3.63, 3.8) is 0 Å². The summed E-state index contributed by atoms with van der Waals surface area (Å²) in [4.78, 5) is 15.5. The minimum atomic E-state index is -0.0932. The second-order valence-corrected chi connectivity index (χ2v) is 3.22. The standard InChI is InChI=1S/C12H11N2O/c15-12(11-6-3-7-13-9-11)14-8-10-4-1-2-5-10/h1-7,9H,8H2,(H,14,15). The molecule has 0 bridgehead atoms. The normalized spacial score (nSPS) is 16.5. The van der Waals surface area contributed by atoms with Crippen LogP contribution < -0.4 is 5.32 Å². The van der Waals surface area contributed by atoms with Crippen molar-refractivity contribution in [2.24, 2.45) is 0 Å². The van der Waals surface area contributed by atoms with Gasteiger partial charge in [0.2, 0.25) is 0 Å². The third-order valence-corrected chi connectivity index (χ3v) is 2.11. The van der Waals surface area contributed by atoms with Crippen molar-refractivity contribution in [2.75, 3.05) is 6.54 Å². The first kappa shape index (κ1) is 10.1. The Kier molecular flexibility index (Phi) is 3.33. The van der Waals surface area contributed by atoms with Crippen LogP contribution in [-0.4, -0.2) is 17.4 Å². The molecule has 1 aliphatic carbocycles. The van der Waals surface area contributed by atoms with Gasteiger partial charge in [0.05, 0.1) is 5.56 Å². The maximum absolute atomic E-state index is 11.6. The van der Waals surface area contributed by atoms with Crippen molar-refractivity contribution in [1.29, 1.82) is 0 Å². The maximum Gasteiger partial charge on any atom is 0.252 e. The number of rotatable bonds is 3. The number of pyridine rings is 1. The van der Waals surface area contributed by atoms with Crippen molar-refractivity contribution < 1.29 is 4.79 Å². The highest BCUT2D eigenvalue weighted by molar-refractivity contribution is 5.93. The Morgan fingerprint density at radius 3 is 2.80 bits per heavy atom. The van der Waals surface area contributed by atoms with Crippen LogP contribution in [0.2, 0.25) is 0 Å². The van der Waals surface area contributed by atoms with E-state index in [1.807, 2.05) is 25.7 Å². The van der Waals surface area contributed by atoms with Gasteiger partial charge in [0.15, 0.2) is 0 Å². The number of aromatic nitrogens is 1. The molecule has 1 N–H and O–H groups in total. The fraction of sp³-hybridized carbons (Fsp3) is 0.0833.